The Balaban J connectivity index is 2.90. The molecule has 4 N–H and O–H groups in total. The van der Waals surface area contributed by atoms with Crippen molar-refractivity contribution in [2.45, 2.75) is 20.0 Å². The lowest BCUT2D eigenvalue weighted by Crippen LogP contribution is -2.37. The van der Waals surface area contributed by atoms with Gasteiger partial charge >= 0.3 is 16.3 Å². The zero-order valence-corrected chi connectivity index (χ0v) is 14.6. The molecule has 20 heavy (non-hydrogen) atoms. The molecule has 0 bridgehead atoms. The smallest absolute Gasteiger partial charge is 0.422 e. The molecule has 1 aromatic rings. The molecule has 7 nitrogen and oxygen atoms in total. The lowest BCUT2D eigenvalue weighted by Gasteiger charge is -2.14. The standard InChI is InChI=1S/C10H13Br2N3O4S/c1-5(2)19-10(16)15-20(17,18)14-9-7(12)3-6(11)4-8(9)13/h3-5,14H,13H2,1-2H3,(H,15,16). The van der Waals surface area contributed by atoms with Gasteiger partial charge in [0.05, 0.1) is 17.5 Å². The van der Waals surface area contributed by atoms with Crippen LogP contribution >= 0.6 is 31.9 Å². The summed E-state index contributed by atoms with van der Waals surface area (Å²) < 4.78 is 33.2. The summed E-state index contributed by atoms with van der Waals surface area (Å²) in [6.07, 6.45) is -1.51. The monoisotopic (exact) mass is 429 g/mol. The maximum absolute atomic E-state index is 11.8. The first kappa shape index (κ1) is 17.1. The molecule has 0 spiro atoms. The molecule has 0 heterocycles. The average molecular weight is 431 g/mol. The summed E-state index contributed by atoms with van der Waals surface area (Å²) in [4.78, 5) is 11.3. The molecule has 1 amide bonds. The summed E-state index contributed by atoms with van der Waals surface area (Å²) in [7, 11) is -4.14. The van der Waals surface area contributed by atoms with Gasteiger partial charge in [-0.25, -0.2) is 9.52 Å². The molecule has 0 saturated heterocycles. The second-order valence-electron chi connectivity index (χ2n) is 4.01. The minimum absolute atomic E-state index is 0.123. The van der Waals surface area contributed by atoms with E-state index in [0.717, 1.165) is 0 Å². The SMILES string of the molecule is CC(C)OC(=O)NS(=O)(=O)Nc1c(N)cc(Br)cc1Br. The lowest BCUT2D eigenvalue weighted by atomic mass is 10.3. The molecule has 0 atom stereocenters. The summed E-state index contributed by atoms with van der Waals surface area (Å²) in [6.45, 7) is 3.20. The van der Waals surface area contributed by atoms with Crippen molar-refractivity contribution in [1.29, 1.82) is 0 Å². The van der Waals surface area contributed by atoms with Crippen molar-refractivity contribution in [2.24, 2.45) is 0 Å². The van der Waals surface area contributed by atoms with Crippen LogP contribution in [0, 0.1) is 0 Å². The van der Waals surface area contributed by atoms with E-state index in [0.29, 0.717) is 8.95 Å². The molecule has 0 radical (unpaired) electrons. The number of hydrogen-bond acceptors (Lipinski definition) is 5. The molecule has 10 heteroatoms. The van der Waals surface area contributed by atoms with Crippen LogP contribution in [0.5, 0.6) is 0 Å². The third-order valence-electron chi connectivity index (χ3n) is 1.88. The van der Waals surface area contributed by atoms with E-state index in [1.54, 1.807) is 24.6 Å². The molecular formula is C10H13Br2N3O4S. The van der Waals surface area contributed by atoms with Crippen LogP contribution in [0.25, 0.3) is 0 Å². The van der Waals surface area contributed by atoms with Crippen LogP contribution in [0.3, 0.4) is 0 Å². The number of carbonyl (C=O) groups excluding carboxylic acids is 1. The quantitative estimate of drug-likeness (QED) is 0.635. The highest BCUT2D eigenvalue weighted by Gasteiger charge is 2.19. The second-order valence-corrected chi connectivity index (χ2v) is 7.20. The van der Waals surface area contributed by atoms with Crippen LogP contribution in [0.15, 0.2) is 21.1 Å². The van der Waals surface area contributed by atoms with E-state index in [2.05, 4.69) is 41.3 Å². The Hall–Kier alpha value is -1.000. The van der Waals surface area contributed by atoms with E-state index in [1.807, 2.05) is 0 Å². The minimum Gasteiger partial charge on any atom is -0.446 e. The summed E-state index contributed by atoms with van der Waals surface area (Å²) in [5, 5.41) is 0. The second kappa shape index (κ2) is 6.64. The van der Waals surface area contributed by atoms with Crippen molar-refractivity contribution in [1.82, 2.24) is 4.72 Å². The molecule has 0 aliphatic heterocycles. The van der Waals surface area contributed by atoms with Gasteiger partial charge in [-0.2, -0.15) is 8.42 Å². The van der Waals surface area contributed by atoms with Crippen LogP contribution in [-0.4, -0.2) is 20.6 Å². The largest absolute Gasteiger partial charge is 0.446 e. The molecule has 0 aliphatic carbocycles. The molecular weight excluding hydrogens is 418 g/mol. The number of amides is 1. The van der Waals surface area contributed by atoms with Crippen LogP contribution in [0.1, 0.15) is 13.8 Å². The van der Waals surface area contributed by atoms with Gasteiger partial charge in [0.25, 0.3) is 0 Å². The highest BCUT2D eigenvalue weighted by Crippen LogP contribution is 2.32. The van der Waals surface area contributed by atoms with Crippen molar-refractivity contribution in [3.8, 4) is 0 Å². The Labute approximate surface area is 133 Å². The minimum atomic E-state index is -4.14. The third-order valence-corrected chi connectivity index (χ3v) is 3.87. The molecule has 0 saturated carbocycles. The van der Waals surface area contributed by atoms with Gasteiger partial charge in [0.15, 0.2) is 0 Å². The van der Waals surface area contributed by atoms with E-state index >= 15 is 0 Å². The molecule has 0 unspecified atom stereocenters. The molecule has 1 aromatic carbocycles. The highest BCUT2D eigenvalue weighted by molar-refractivity contribution is 9.11. The van der Waals surface area contributed by atoms with E-state index in [1.165, 1.54) is 6.07 Å². The first-order valence-electron chi connectivity index (χ1n) is 5.36. The van der Waals surface area contributed by atoms with Crippen LogP contribution < -0.4 is 15.2 Å². The van der Waals surface area contributed by atoms with Gasteiger partial charge in [-0.3, -0.25) is 4.72 Å². The van der Waals surface area contributed by atoms with E-state index in [4.69, 9.17) is 5.73 Å². The number of nitrogens with one attached hydrogen (secondary N) is 2. The fourth-order valence-electron chi connectivity index (χ4n) is 1.21. The number of halogens is 2. The number of anilines is 2. The average Bonchev–Trinajstić information content (AvgIpc) is 2.21. The van der Waals surface area contributed by atoms with Crippen molar-refractivity contribution >= 4 is 59.5 Å². The molecule has 0 aromatic heterocycles. The number of ether oxygens (including phenoxy) is 1. The maximum Gasteiger partial charge on any atom is 0.422 e. The lowest BCUT2D eigenvalue weighted by molar-refractivity contribution is 0.121. The Morgan fingerprint density at radius 1 is 1.35 bits per heavy atom. The number of benzene rings is 1. The van der Waals surface area contributed by atoms with Gasteiger partial charge < -0.3 is 10.5 Å². The number of rotatable bonds is 4. The number of nitrogens with two attached hydrogens (primary N) is 1. The Morgan fingerprint density at radius 3 is 2.45 bits per heavy atom. The maximum atomic E-state index is 11.8. The molecule has 112 valence electrons. The normalized spacial score (nSPS) is 11.2. The van der Waals surface area contributed by atoms with Gasteiger partial charge in [-0.1, -0.05) is 15.9 Å². The Kier molecular flexibility index (Phi) is 5.66. The van der Waals surface area contributed by atoms with Crippen molar-refractivity contribution < 1.29 is 17.9 Å². The zero-order chi connectivity index (χ0) is 15.5. The summed E-state index contributed by atoms with van der Waals surface area (Å²) in [6, 6.07) is 3.13. The molecule has 1 rings (SSSR count). The molecule has 0 fully saturated rings. The highest BCUT2D eigenvalue weighted by atomic mass is 79.9. The van der Waals surface area contributed by atoms with E-state index in [9.17, 15) is 13.2 Å². The first-order valence-corrected chi connectivity index (χ1v) is 8.43. The van der Waals surface area contributed by atoms with Crippen molar-refractivity contribution in [3.05, 3.63) is 21.1 Å². The molecule has 0 aliphatic rings. The van der Waals surface area contributed by atoms with Gasteiger partial charge in [0, 0.05) is 8.95 Å². The fraction of sp³-hybridized carbons (Fsp3) is 0.300. The summed E-state index contributed by atoms with van der Waals surface area (Å²) in [5.41, 5.74) is 6.02. The van der Waals surface area contributed by atoms with Gasteiger partial charge in [0.1, 0.15) is 0 Å². The van der Waals surface area contributed by atoms with Gasteiger partial charge in [-0.15, -0.1) is 0 Å². The predicted octanol–water partition coefficient (Wildman–Crippen LogP) is 2.59. The van der Waals surface area contributed by atoms with E-state index in [-0.39, 0.29) is 11.4 Å². The third kappa shape index (κ3) is 5.17. The van der Waals surface area contributed by atoms with Crippen LogP contribution in [0.2, 0.25) is 0 Å². The number of hydrogen-bond donors (Lipinski definition) is 3. The Bertz CT molecular complexity index is 596. The van der Waals surface area contributed by atoms with Crippen LogP contribution in [0.4, 0.5) is 16.2 Å². The fourth-order valence-corrected chi connectivity index (χ4v) is 3.51. The van der Waals surface area contributed by atoms with Gasteiger partial charge in [0.2, 0.25) is 0 Å². The van der Waals surface area contributed by atoms with Crippen LogP contribution in [-0.2, 0) is 14.9 Å². The van der Waals surface area contributed by atoms with Crippen molar-refractivity contribution in [2.75, 3.05) is 10.5 Å². The first-order chi connectivity index (χ1) is 9.10. The van der Waals surface area contributed by atoms with E-state index < -0.39 is 22.4 Å². The summed E-state index contributed by atoms with van der Waals surface area (Å²) in [5.74, 6) is 0. The predicted molar refractivity (Wildman–Crippen MR) is 83.5 cm³/mol. The topological polar surface area (TPSA) is 111 Å². The van der Waals surface area contributed by atoms with Crippen molar-refractivity contribution in [3.63, 3.8) is 0 Å². The number of nitrogen functional groups attached to an aromatic ring is 1. The zero-order valence-electron chi connectivity index (χ0n) is 10.6. The summed E-state index contributed by atoms with van der Waals surface area (Å²) >= 11 is 6.39. The number of carbonyl (C=O) groups is 1. The Morgan fingerprint density at radius 2 is 1.95 bits per heavy atom. The van der Waals surface area contributed by atoms with Gasteiger partial charge in [-0.05, 0) is 41.9 Å².